The van der Waals surface area contributed by atoms with Crippen LogP contribution >= 0.6 is 15.9 Å². The second kappa shape index (κ2) is 7.15. The molecule has 2 aromatic rings. The minimum Gasteiger partial charge on any atom is -0.460 e. The number of piperidine rings is 1. The van der Waals surface area contributed by atoms with Crippen LogP contribution in [-0.4, -0.2) is 34.1 Å². The molecule has 116 valence electrons. The molecule has 0 radical (unpaired) electrons. The maximum atomic E-state index is 12.8. The second-order valence-electron chi connectivity index (χ2n) is 5.40. The van der Waals surface area contributed by atoms with Crippen molar-refractivity contribution in [2.45, 2.75) is 25.5 Å². The number of rotatable bonds is 4. The molecule has 1 aliphatic heterocycles. The van der Waals surface area contributed by atoms with Crippen molar-refractivity contribution in [2.75, 3.05) is 13.1 Å². The Balaban J connectivity index is 1.47. The summed E-state index contributed by atoms with van der Waals surface area (Å²) in [6, 6.07) is 8.67. The zero-order valence-electron chi connectivity index (χ0n) is 12.1. The third-order valence-corrected chi connectivity index (χ3v) is 4.25. The first-order valence-electron chi connectivity index (χ1n) is 7.30. The number of benzene rings is 1. The molecule has 0 spiro atoms. The van der Waals surface area contributed by atoms with Gasteiger partial charge in [0.15, 0.2) is 5.82 Å². The van der Waals surface area contributed by atoms with Crippen molar-refractivity contribution in [3.8, 4) is 6.01 Å². The molecule has 4 nitrogen and oxygen atoms in total. The van der Waals surface area contributed by atoms with E-state index in [1.165, 1.54) is 5.56 Å². The average Bonchev–Trinajstić information content (AvgIpc) is 2.54. The fourth-order valence-corrected chi connectivity index (χ4v) is 2.81. The molecule has 0 atom stereocenters. The Morgan fingerprint density at radius 3 is 2.41 bits per heavy atom. The molecule has 1 aliphatic rings. The van der Waals surface area contributed by atoms with Crippen molar-refractivity contribution in [3.63, 3.8) is 0 Å². The number of hydrogen-bond acceptors (Lipinski definition) is 4. The number of aromatic nitrogens is 2. The highest BCUT2D eigenvalue weighted by atomic mass is 79.9. The van der Waals surface area contributed by atoms with E-state index in [0.717, 1.165) is 49.3 Å². The highest BCUT2D eigenvalue weighted by Crippen LogP contribution is 2.18. The van der Waals surface area contributed by atoms with E-state index in [0.29, 0.717) is 0 Å². The third kappa shape index (κ3) is 4.24. The van der Waals surface area contributed by atoms with E-state index in [9.17, 15) is 4.39 Å². The molecule has 0 saturated carbocycles. The molecule has 1 fully saturated rings. The van der Waals surface area contributed by atoms with Gasteiger partial charge in [-0.15, -0.1) is 0 Å². The first-order valence-corrected chi connectivity index (χ1v) is 8.09. The highest BCUT2D eigenvalue weighted by Gasteiger charge is 2.21. The summed E-state index contributed by atoms with van der Waals surface area (Å²) in [5, 5.41) is 0. The van der Waals surface area contributed by atoms with E-state index in [-0.39, 0.29) is 12.1 Å². The van der Waals surface area contributed by atoms with Crippen molar-refractivity contribution in [1.29, 1.82) is 0 Å². The summed E-state index contributed by atoms with van der Waals surface area (Å²) >= 11 is 3.45. The Bertz CT molecular complexity index is 542. The molecule has 0 N–H and O–H groups in total. The SMILES string of the molecule is Fc1cnc(OC2CCN(Cc3ccc(Br)cc3)CC2)nc1. The van der Waals surface area contributed by atoms with Crippen LogP contribution in [0.15, 0.2) is 41.1 Å². The van der Waals surface area contributed by atoms with Crippen LogP contribution in [0.2, 0.25) is 0 Å². The summed E-state index contributed by atoms with van der Waals surface area (Å²) < 4.78 is 19.6. The lowest BCUT2D eigenvalue weighted by Crippen LogP contribution is -2.38. The lowest BCUT2D eigenvalue weighted by atomic mass is 10.1. The summed E-state index contributed by atoms with van der Waals surface area (Å²) in [5.74, 6) is -0.448. The van der Waals surface area contributed by atoms with Crippen molar-refractivity contribution in [1.82, 2.24) is 14.9 Å². The molecule has 3 rings (SSSR count). The van der Waals surface area contributed by atoms with E-state index < -0.39 is 5.82 Å². The zero-order valence-corrected chi connectivity index (χ0v) is 13.7. The molecule has 0 amide bonds. The fraction of sp³-hybridized carbons (Fsp3) is 0.375. The summed E-state index contributed by atoms with van der Waals surface area (Å²) in [6.07, 6.45) is 4.22. The molecule has 1 aromatic heterocycles. The average molecular weight is 366 g/mol. The van der Waals surface area contributed by atoms with Crippen LogP contribution in [0.3, 0.4) is 0 Å². The van der Waals surface area contributed by atoms with Gasteiger partial charge in [0.05, 0.1) is 12.4 Å². The maximum Gasteiger partial charge on any atom is 0.316 e. The summed E-state index contributed by atoms with van der Waals surface area (Å²) in [6.45, 7) is 2.90. The van der Waals surface area contributed by atoms with Gasteiger partial charge < -0.3 is 4.74 Å². The predicted molar refractivity (Wildman–Crippen MR) is 85.1 cm³/mol. The van der Waals surface area contributed by atoms with Gasteiger partial charge in [-0.3, -0.25) is 4.90 Å². The summed E-state index contributed by atoms with van der Waals surface area (Å²) in [5.41, 5.74) is 1.31. The molecule has 6 heteroatoms. The zero-order chi connectivity index (χ0) is 15.4. The van der Waals surface area contributed by atoms with E-state index in [4.69, 9.17) is 4.74 Å². The Kier molecular flexibility index (Phi) is 5.00. The van der Waals surface area contributed by atoms with Crippen LogP contribution in [-0.2, 0) is 6.54 Å². The topological polar surface area (TPSA) is 38.2 Å². The molecule has 2 heterocycles. The minimum absolute atomic E-state index is 0.103. The normalized spacial score (nSPS) is 16.6. The number of ether oxygens (including phenoxy) is 1. The van der Waals surface area contributed by atoms with Gasteiger partial charge in [-0.25, -0.2) is 14.4 Å². The molecule has 0 unspecified atom stereocenters. The van der Waals surface area contributed by atoms with Crippen molar-refractivity contribution in [2.24, 2.45) is 0 Å². The van der Waals surface area contributed by atoms with Gasteiger partial charge in [-0.05, 0) is 30.5 Å². The van der Waals surface area contributed by atoms with Gasteiger partial charge in [0.25, 0.3) is 0 Å². The third-order valence-electron chi connectivity index (χ3n) is 3.72. The van der Waals surface area contributed by atoms with Gasteiger partial charge in [-0.2, -0.15) is 0 Å². The first kappa shape index (κ1) is 15.4. The minimum atomic E-state index is -0.448. The maximum absolute atomic E-state index is 12.8. The fourth-order valence-electron chi connectivity index (χ4n) is 2.54. The number of hydrogen-bond donors (Lipinski definition) is 0. The summed E-state index contributed by atoms with van der Waals surface area (Å²) in [7, 11) is 0. The van der Waals surface area contributed by atoms with Crippen LogP contribution in [0.1, 0.15) is 18.4 Å². The van der Waals surface area contributed by atoms with E-state index in [1.54, 1.807) is 0 Å². The second-order valence-corrected chi connectivity index (χ2v) is 6.32. The largest absolute Gasteiger partial charge is 0.460 e. The van der Waals surface area contributed by atoms with Crippen LogP contribution in [0.25, 0.3) is 0 Å². The monoisotopic (exact) mass is 365 g/mol. The van der Waals surface area contributed by atoms with Crippen LogP contribution < -0.4 is 4.74 Å². The Morgan fingerprint density at radius 2 is 1.77 bits per heavy atom. The molecule has 22 heavy (non-hydrogen) atoms. The molecular formula is C16H17BrFN3O. The molecule has 1 saturated heterocycles. The lowest BCUT2D eigenvalue weighted by molar-refractivity contribution is 0.0890. The predicted octanol–water partition coefficient (Wildman–Crippen LogP) is 3.42. The standard InChI is InChI=1S/C16H17BrFN3O/c17-13-3-1-12(2-4-13)11-21-7-5-15(6-8-21)22-16-19-9-14(18)10-20-16/h1-4,9-10,15H,5-8,11H2. The van der Waals surface area contributed by atoms with Gasteiger partial charge in [0.2, 0.25) is 0 Å². The van der Waals surface area contributed by atoms with E-state index >= 15 is 0 Å². The van der Waals surface area contributed by atoms with Crippen LogP contribution in [0.4, 0.5) is 4.39 Å². The molecule has 0 aliphatic carbocycles. The van der Waals surface area contributed by atoms with Gasteiger partial charge >= 0.3 is 6.01 Å². The van der Waals surface area contributed by atoms with Crippen molar-refractivity contribution >= 4 is 15.9 Å². The summed E-state index contributed by atoms with van der Waals surface area (Å²) in [4.78, 5) is 10.1. The van der Waals surface area contributed by atoms with Crippen molar-refractivity contribution < 1.29 is 9.13 Å². The Morgan fingerprint density at radius 1 is 1.14 bits per heavy atom. The Hall–Kier alpha value is -1.53. The quantitative estimate of drug-likeness (QED) is 0.831. The van der Waals surface area contributed by atoms with E-state index in [1.807, 2.05) is 0 Å². The number of halogens is 2. The van der Waals surface area contributed by atoms with Crippen molar-refractivity contribution in [3.05, 3.63) is 52.5 Å². The number of likely N-dealkylation sites (tertiary alicyclic amines) is 1. The van der Waals surface area contributed by atoms with Crippen LogP contribution in [0.5, 0.6) is 6.01 Å². The first-order chi connectivity index (χ1) is 10.7. The van der Waals surface area contributed by atoms with Gasteiger partial charge in [0.1, 0.15) is 6.10 Å². The van der Waals surface area contributed by atoms with Gasteiger partial charge in [0, 0.05) is 24.1 Å². The van der Waals surface area contributed by atoms with Gasteiger partial charge in [-0.1, -0.05) is 28.1 Å². The van der Waals surface area contributed by atoms with Crippen LogP contribution in [0, 0.1) is 5.82 Å². The Labute approximate surface area is 137 Å². The number of nitrogens with zero attached hydrogens (tertiary/aromatic N) is 3. The molecular weight excluding hydrogens is 349 g/mol. The highest BCUT2D eigenvalue weighted by molar-refractivity contribution is 9.10. The van der Waals surface area contributed by atoms with E-state index in [2.05, 4.69) is 55.1 Å². The molecule has 1 aromatic carbocycles. The molecule has 0 bridgehead atoms. The lowest BCUT2D eigenvalue weighted by Gasteiger charge is -2.31. The smallest absolute Gasteiger partial charge is 0.316 e.